The minimum absolute atomic E-state index is 0.180. The second kappa shape index (κ2) is 11.4. The van der Waals surface area contributed by atoms with Crippen LogP contribution in [0.2, 0.25) is 0 Å². The van der Waals surface area contributed by atoms with Crippen molar-refractivity contribution < 1.29 is 19.4 Å². The first-order valence-electron chi connectivity index (χ1n) is 6.60. The van der Waals surface area contributed by atoms with E-state index in [-0.39, 0.29) is 5.57 Å². The van der Waals surface area contributed by atoms with Gasteiger partial charge >= 0.3 is 11.9 Å². The van der Waals surface area contributed by atoms with Crippen LogP contribution in [0.4, 0.5) is 0 Å². The van der Waals surface area contributed by atoms with E-state index >= 15 is 0 Å². The van der Waals surface area contributed by atoms with Crippen LogP contribution in [-0.2, 0) is 14.3 Å². The van der Waals surface area contributed by atoms with Gasteiger partial charge in [-0.25, -0.2) is 9.59 Å². The molecule has 106 valence electrons. The quantitative estimate of drug-likeness (QED) is 0.227. The molecule has 0 aliphatic rings. The molecule has 0 heterocycles. The third-order valence-electron chi connectivity index (χ3n) is 2.64. The van der Waals surface area contributed by atoms with Gasteiger partial charge in [0.05, 0.1) is 6.07 Å². The van der Waals surface area contributed by atoms with E-state index in [1.165, 1.54) is 19.3 Å². The van der Waals surface area contributed by atoms with Crippen LogP contribution in [0.3, 0.4) is 0 Å². The standard InChI is InChI=1S/C14H21NO4/c1-2-3-4-5-6-7-8-12(9-10-15)14(18)19-13(17)11-16/h9,16H,2-8,11H2,1H3. The summed E-state index contributed by atoms with van der Waals surface area (Å²) in [4.78, 5) is 22.3. The monoisotopic (exact) mass is 267 g/mol. The number of aliphatic hydroxyl groups is 1. The molecule has 0 aliphatic carbocycles. The molecule has 0 spiro atoms. The van der Waals surface area contributed by atoms with Crippen LogP contribution in [-0.4, -0.2) is 23.7 Å². The molecule has 0 radical (unpaired) electrons. The molecule has 0 saturated heterocycles. The second-order valence-corrected chi connectivity index (χ2v) is 4.24. The Morgan fingerprint density at radius 1 is 1.21 bits per heavy atom. The molecule has 0 fully saturated rings. The SMILES string of the molecule is CCCCCCCCC(=CC#N)C(=O)OC(=O)CO. The van der Waals surface area contributed by atoms with Gasteiger partial charge in [0.25, 0.3) is 0 Å². The molecule has 0 saturated carbocycles. The van der Waals surface area contributed by atoms with Crippen LogP contribution in [0.15, 0.2) is 11.6 Å². The topological polar surface area (TPSA) is 87.4 Å². The van der Waals surface area contributed by atoms with Crippen molar-refractivity contribution in [3.8, 4) is 6.07 Å². The van der Waals surface area contributed by atoms with Gasteiger partial charge in [0, 0.05) is 11.6 Å². The fourth-order valence-corrected chi connectivity index (χ4v) is 1.61. The van der Waals surface area contributed by atoms with Gasteiger partial charge in [-0.15, -0.1) is 0 Å². The maximum absolute atomic E-state index is 11.5. The molecule has 19 heavy (non-hydrogen) atoms. The van der Waals surface area contributed by atoms with Gasteiger partial charge in [-0.05, 0) is 12.8 Å². The summed E-state index contributed by atoms with van der Waals surface area (Å²) in [6, 6.07) is 1.76. The van der Waals surface area contributed by atoms with Crippen molar-refractivity contribution in [1.82, 2.24) is 0 Å². The highest BCUT2D eigenvalue weighted by Crippen LogP contribution is 2.13. The number of allylic oxidation sites excluding steroid dienone is 1. The smallest absolute Gasteiger partial charge is 0.342 e. The zero-order valence-corrected chi connectivity index (χ0v) is 11.4. The first kappa shape index (κ1) is 17.3. The summed E-state index contributed by atoms with van der Waals surface area (Å²) in [5.41, 5.74) is 0.180. The third kappa shape index (κ3) is 8.97. The molecule has 0 bridgehead atoms. The van der Waals surface area contributed by atoms with E-state index in [2.05, 4.69) is 11.7 Å². The lowest BCUT2D eigenvalue weighted by Crippen LogP contribution is -2.17. The first-order chi connectivity index (χ1) is 9.15. The van der Waals surface area contributed by atoms with Crippen molar-refractivity contribution in [2.24, 2.45) is 0 Å². The number of unbranched alkanes of at least 4 members (excludes halogenated alkanes) is 5. The minimum Gasteiger partial charge on any atom is -0.388 e. The number of esters is 2. The fourth-order valence-electron chi connectivity index (χ4n) is 1.61. The van der Waals surface area contributed by atoms with Crippen LogP contribution in [0.1, 0.15) is 51.9 Å². The van der Waals surface area contributed by atoms with Crippen LogP contribution in [0.25, 0.3) is 0 Å². The van der Waals surface area contributed by atoms with E-state index < -0.39 is 18.5 Å². The van der Waals surface area contributed by atoms with Crippen LogP contribution >= 0.6 is 0 Å². The molecule has 0 rings (SSSR count). The van der Waals surface area contributed by atoms with E-state index in [0.717, 1.165) is 25.3 Å². The first-order valence-corrected chi connectivity index (χ1v) is 6.60. The average molecular weight is 267 g/mol. The zero-order chi connectivity index (χ0) is 14.5. The Morgan fingerprint density at radius 3 is 2.42 bits per heavy atom. The van der Waals surface area contributed by atoms with Crippen LogP contribution in [0, 0.1) is 11.3 Å². The predicted molar refractivity (Wildman–Crippen MR) is 69.9 cm³/mol. The number of nitriles is 1. The molecular weight excluding hydrogens is 246 g/mol. The zero-order valence-electron chi connectivity index (χ0n) is 11.4. The largest absolute Gasteiger partial charge is 0.388 e. The van der Waals surface area contributed by atoms with Crippen molar-refractivity contribution in [3.05, 3.63) is 11.6 Å². The molecule has 0 aromatic rings. The number of aliphatic hydroxyl groups excluding tert-OH is 1. The number of ether oxygens (including phenoxy) is 1. The summed E-state index contributed by atoms with van der Waals surface area (Å²) in [5, 5.41) is 17.1. The lowest BCUT2D eigenvalue weighted by Gasteiger charge is -2.05. The summed E-state index contributed by atoms with van der Waals surface area (Å²) < 4.78 is 4.36. The maximum Gasteiger partial charge on any atom is 0.342 e. The van der Waals surface area contributed by atoms with Crippen LogP contribution < -0.4 is 0 Å². The highest BCUT2D eigenvalue weighted by atomic mass is 16.6. The van der Waals surface area contributed by atoms with Crippen molar-refractivity contribution in [1.29, 1.82) is 5.26 Å². The van der Waals surface area contributed by atoms with E-state index in [4.69, 9.17) is 10.4 Å². The van der Waals surface area contributed by atoms with Crippen molar-refractivity contribution in [2.75, 3.05) is 6.61 Å². The number of carbonyl (C=O) groups is 2. The Morgan fingerprint density at radius 2 is 1.84 bits per heavy atom. The fraction of sp³-hybridized carbons (Fsp3) is 0.643. The number of carbonyl (C=O) groups excluding carboxylic acids is 2. The normalized spacial score (nSPS) is 10.9. The van der Waals surface area contributed by atoms with E-state index in [9.17, 15) is 9.59 Å². The Kier molecular flexibility index (Phi) is 10.4. The van der Waals surface area contributed by atoms with E-state index in [0.29, 0.717) is 6.42 Å². The molecule has 5 heteroatoms. The van der Waals surface area contributed by atoms with Gasteiger partial charge in [-0.3, -0.25) is 0 Å². The Bertz CT molecular complexity index is 355. The molecule has 1 N–H and O–H groups in total. The van der Waals surface area contributed by atoms with Gasteiger partial charge < -0.3 is 9.84 Å². The highest BCUT2D eigenvalue weighted by molar-refractivity contribution is 5.96. The molecular formula is C14H21NO4. The van der Waals surface area contributed by atoms with E-state index in [1.807, 2.05) is 0 Å². The lowest BCUT2D eigenvalue weighted by molar-refractivity contribution is -0.159. The van der Waals surface area contributed by atoms with Gasteiger partial charge in [0.1, 0.15) is 6.61 Å². The number of hydrogen-bond donors (Lipinski definition) is 1. The highest BCUT2D eigenvalue weighted by Gasteiger charge is 2.14. The molecule has 0 aromatic heterocycles. The van der Waals surface area contributed by atoms with Gasteiger partial charge in [0.15, 0.2) is 0 Å². The van der Waals surface area contributed by atoms with Gasteiger partial charge in [0.2, 0.25) is 0 Å². The molecule has 0 aromatic carbocycles. The van der Waals surface area contributed by atoms with Crippen LogP contribution in [0.5, 0.6) is 0 Å². The lowest BCUT2D eigenvalue weighted by atomic mass is 10.1. The predicted octanol–water partition coefficient (Wildman–Crippen LogP) is 2.25. The number of hydrogen-bond acceptors (Lipinski definition) is 5. The second-order valence-electron chi connectivity index (χ2n) is 4.24. The van der Waals surface area contributed by atoms with Gasteiger partial charge in [-0.2, -0.15) is 5.26 Å². The number of rotatable bonds is 9. The summed E-state index contributed by atoms with van der Waals surface area (Å²) in [6.45, 7) is 1.30. The molecule has 5 nitrogen and oxygen atoms in total. The average Bonchev–Trinajstić information content (AvgIpc) is 2.41. The summed E-state index contributed by atoms with van der Waals surface area (Å²) >= 11 is 0. The summed E-state index contributed by atoms with van der Waals surface area (Å²) in [7, 11) is 0. The Hall–Kier alpha value is -1.67. The molecule has 0 amide bonds. The Balaban J connectivity index is 4.07. The van der Waals surface area contributed by atoms with Gasteiger partial charge in [-0.1, -0.05) is 39.0 Å². The van der Waals surface area contributed by atoms with Crippen molar-refractivity contribution in [2.45, 2.75) is 51.9 Å². The Labute approximate surface area is 113 Å². The maximum atomic E-state index is 11.5. The molecule has 0 aliphatic heterocycles. The number of nitrogens with zero attached hydrogens (tertiary/aromatic N) is 1. The third-order valence-corrected chi connectivity index (χ3v) is 2.64. The van der Waals surface area contributed by atoms with Crippen molar-refractivity contribution in [3.63, 3.8) is 0 Å². The summed E-state index contributed by atoms with van der Waals surface area (Å²) in [6.07, 6.45) is 7.91. The molecule has 0 atom stereocenters. The molecule has 0 unspecified atom stereocenters. The van der Waals surface area contributed by atoms with Crippen molar-refractivity contribution >= 4 is 11.9 Å². The minimum atomic E-state index is -1.00. The summed E-state index contributed by atoms with van der Waals surface area (Å²) in [5.74, 6) is -1.84. The van der Waals surface area contributed by atoms with E-state index in [1.54, 1.807) is 6.07 Å².